The maximum atomic E-state index is 13.0. The van der Waals surface area contributed by atoms with Crippen LogP contribution >= 0.6 is 0 Å². The molecular weight excluding hydrogens is 444 g/mol. The highest BCUT2D eigenvalue weighted by atomic mass is 32.2. The van der Waals surface area contributed by atoms with E-state index in [0.717, 1.165) is 32.1 Å². The summed E-state index contributed by atoms with van der Waals surface area (Å²) in [6.45, 7) is 1.75. The molecule has 178 valence electrons. The zero-order valence-corrected chi connectivity index (χ0v) is 19.8. The van der Waals surface area contributed by atoms with Crippen LogP contribution in [0.4, 0.5) is 0 Å². The molecule has 0 N–H and O–H groups in total. The molecule has 3 aliphatic rings. The van der Waals surface area contributed by atoms with E-state index in [2.05, 4.69) is 0 Å². The van der Waals surface area contributed by atoms with Crippen molar-refractivity contribution in [1.82, 2.24) is 9.21 Å². The van der Waals surface area contributed by atoms with Crippen LogP contribution in [0.1, 0.15) is 58.3 Å². The van der Waals surface area contributed by atoms with Crippen molar-refractivity contribution in [3.63, 3.8) is 0 Å². The standard InChI is InChI=1S/C20H34N2O7S2/c1-2-31(27,28)21-11-8-16(9-12-21)20(24)29-14-19(23)22(17-6-4-3-5-7-17)18-10-13-30(25,26)15-18/h16-18H,2-15H2,1H3. The summed E-state index contributed by atoms with van der Waals surface area (Å²) < 4.78 is 54.6. The Hall–Kier alpha value is -1.20. The molecule has 2 aliphatic heterocycles. The maximum Gasteiger partial charge on any atom is 0.309 e. The van der Waals surface area contributed by atoms with Gasteiger partial charge in [0.1, 0.15) is 0 Å². The molecule has 3 fully saturated rings. The van der Waals surface area contributed by atoms with Gasteiger partial charge in [0.05, 0.1) is 23.2 Å². The van der Waals surface area contributed by atoms with Crippen LogP contribution in [0, 0.1) is 5.92 Å². The van der Waals surface area contributed by atoms with Gasteiger partial charge in [0, 0.05) is 25.2 Å². The van der Waals surface area contributed by atoms with Crippen LogP contribution in [0.15, 0.2) is 0 Å². The number of sulfonamides is 1. The number of nitrogens with zero attached hydrogens (tertiary/aromatic N) is 2. The second-order valence-electron chi connectivity index (χ2n) is 8.83. The van der Waals surface area contributed by atoms with Crippen LogP contribution in [0.3, 0.4) is 0 Å². The predicted molar refractivity (Wildman–Crippen MR) is 115 cm³/mol. The lowest BCUT2D eigenvalue weighted by atomic mass is 9.93. The van der Waals surface area contributed by atoms with E-state index >= 15 is 0 Å². The molecule has 1 aliphatic carbocycles. The zero-order chi connectivity index (χ0) is 22.6. The van der Waals surface area contributed by atoms with Gasteiger partial charge in [-0.15, -0.1) is 0 Å². The van der Waals surface area contributed by atoms with E-state index in [1.807, 2.05) is 0 Å². The number of carbonyl (C=O) groups is 2. The van der Waals surface area contributed by atoms with Crippen LogP contribution < -0.4 is 0 Å². The summed E-state index contributed by atoms with van der Waals surface area (Å²) in [5, 5.41) is 0. The first-order valence-electron chi connectivity index (χ1n) is 11.3. The molecule has 0 aromatic heterocycles. The number of rotatable bonds is 7. The number of esters is 1. The van der Waals surface area contributed by atoms with Crippen molar-refractivity contribution in [1.29, 1.82) is 0 Å². The molecule has 1 saturated carbocycles. The summed E-state index contributed by atoms with van der Waals surface area (Å²) in [6.07, 6.45) is 6.01. The monoisotopic (exact) mass is 478 g/mol. The van der Waals surface area contributed by atoms with E-state index in [9.17, 15) is 26.4 Å². The number of amides is 1. The number of hydrogen-bond donors (Lipinski definition) is 0. The summed E-state index contributed by atoms with van der Waals surface area (Å²) in [7, 11) is -6.40. The zero-order valence-electron chi connectivity index (χ0n) is 18.2. The highest BCUT2D eigenvalue weighted by Crippen LogP contribution is 2.29. The second-order valence-corrected chi connectivity index (χ2v) is 13.3. The van der Waals surface area contributed by atoms with Gasteiger partial charge in [-0.3, -0.25) is 9.59 Å². The van der Waals surface area contributed by atoms with E-state index < -0.39 is 31.7 Å². The van der Waals surface area contributed by atoms with E-state index in [0.29, 0.717) is 19.3 Å². The van der Waals surface area contributed by atoms with E-state index in [4.69, 9.17) is 4.74 Å². The lowest BCUT2D eigenvalue weighted by molar-refractivity contribution is -0.158. The summed E-state index contributed by atoms with van der Waals surface area (Å²) >= 11 is 0. The molecule has 9 nitrogen and oxygen atoms in total. The highest BCUT2D eigenvalue weighted by molar-refractivity contribution is 7.91. The lowest BCUT2D eigenvalue weighted by Gasteiger charge is -2.38. The summed E-state index contributed by atoms with van der Waals surface area (Å²) in [4.78, 5) is 27.2. The number of sulfone groups is 1. The number of hydrogen-bond acceptors (Lipinski definition) is 7. The molecule has 2 saturated heterocycles. The first-order valence-corrected chi connectivity index (χ1v) is 14.7. The van der Waals surface area contributed by atoms with Crippen LogP contribution in [0.25, 0.3) is 0 Å². The predicted octanol–water partition coefficient (Wildman–Crippen LogP) is 0.940. The maximum absolute atomic E-state index is 13.0. The van der Waals surface area contributed by atoms with E-state index in [1.54, 1.807) is 11.8 Å². The fraction of sp³-hybridized carbons (Fsp3) is 0.900. The first-order chi connectivity index (χ1) is 14.6. The van der Waals surface area contributed by atoms with Crippen LogP contribution in [0.2, 0.25) is 0 Å². The lowest BCUT2D eigenvalue weighted by Crippen LogP contribution is -2.50. The van der Waals surface area contributed by atoms with Crippen molar-refractivity contribution in [2.24, 2.45) is 5.92 Å². The quantitative estimate of drug-likeness (QED) is 0.500. The molecule has 1 unspecified atom stereocenters. The Labute approximate surface area is 185 Å². The highest BCUT2D eigenvalue weighted by Gasteiger charge is 2.39. The first kappa shape index (κ1) is 24.4. The Balaban J connectivity index is 1.56. The van der Waals surface area contributed by atoms with Crippen molar-refractivity contribution in [3.05, 3.63) is 0 Å². The average molecular weight is 479 g/mol. The molecule has 3 rings (SSSR count). The Morgan fingerprint density at radius 2 is 1.65 bits per heavy atom. The van der Waals surface area contributed by atoms with Crippen molar-refractivity contribution in [2.75, 3.05) is 37.0 Å². The number of piperidine rings is 1. The summed E-state index contributed by atoms with van der Waals surface area (Å²) in [6, 6.07) is -0.345. The Morgan fingerprint density at radius 1 is 1.00 bits per heavy atom. The molecule has 0 aromatic rings. The van der Waals surface area contributed by atoms with Crippen molar-refractivity contribution < 1.29 is 31.2 Å². The molecule has 0 aromatic carbocycles. The number of ether oxygens (including phenoxy) is 1. The van der Waals surface area contributed by atoms with E-state index in [1.165, 1.54) is 4.31 Å². The fourth-order valence-electron chi connectivity index (χ4n) is 4.94. The third-order valence-electron chi connectivity index (χ3n) is 6.74. The SMILES string of the molecule is CCS(=O)(=O)N1CCC(C(=O)OCC(=O)N(C2CCCCC2)C2CCS(=O)(=O)C2)CC1. The minimum absolute atomic E-state index is 0.000686. The third-order valence-corrected chi connectivity index (χ3v) is 10.4. The molecule has 0 bridgehead atoms. The normalized spacial score (nSPS) is 25.9. The minimum Gasteiger partial charge on any atom is -0.455 e. The molecule has 0 spiro atoms. The van der Waals surface area contributed by atoms with Crippen LogP contribution in [-0.4, -0.2) is 87.0 Å². The Bertz CT molecular complexity index is 858. The average Bonchev–Trinajstić information content (AvgIpc) is 3.12. The van der Waals surface area contributed by atoms with Gasteiger partial charge in [-0.1, -0.05) is 19.3 Å². The smallest absolute Gasteiger partial charge is 0.309 e. The molecule has 1 amide bonds. The van der Waals surface area contributed by atoms with Gasteiger partial charge in [0.2, 0.25) is 10.0 Å². The molecule has 2 heterocycles. The van der Waals surface area contributed by atoms with Gasteiger partial charge in [-0.25, -0.2) is 21.1 Å². The topological polar surface area (TPSA) is 118 Å². The van der Waals surface area contributed by atoms with Crippen LogP contribution in [0.5, 0.6) is 0 Å². The van der Waals surface area contributed by atoms with Gasteiger partial charge in [0.15, 0.2) is 16.4 Å². The molecular formula is C20H34N2O7S2. The fourth-order valence-corrected chi connectivity index (χ4v) is 7.78. The van der Waals surface area contributed by atoms with Gasteiger partial charge < -0.3 is 9.64 Å². The largest absolute Gasteiger partial charge is 0.455 e. The van der Waals surface area contributed by atoms with Crippen molar-refractivity contribution in [3.8, 4) is 0 Å². The summed E-state index contributed by atoms with van der Waals surface area (Å²) in [5.74, 6) is -1.13. The molecule has 0 radical (unpaired) electrons. The second kappa shape index (κ2) is 10.2. The Kier molecular flexibility index (Phi) is 8.01. The minimum atomic E-state index is -3.27. The Morgan fingerprint density at radius 3 is 2.19 bits per heavy atom. The van der Waals surface area contributed by atoms with Gasteiger partial charge in [-0.05, 0) is 39.0 Å². The van der Waals surface area contributed by atoms with Crippen molar-refractivity contribution >= 4 is 31.7 Å². The van der Waals surface area contributed by atoms with Crippen LogP contribution in [-0.2, 0) is 34.2 Å². The van der Waals surface area contributed by atoms with Gasteiger partial charge in [-0.2, -0.15) is 0 Å². The summed E-state index contributed by atoms with van der Waals surface area (Å²) in [5.41, 5.74) is 0. The molecule has 1 atom stereocenters. The number of carbonyl (C=O) groups excluding carboxylic acids is 2. The van der Waals surface area contributed by atoms with Gasteiger partial charge >= 0.3 is 5.97 Å². The third kappa shape index (κ3) is 6.19. The molecule has 31 heavy (non-hydrogen) atoms. The molecule has 11 heteroatoms. The van der Waals surface area contributed by atoms with Crippen molar-refractivity contribution in [2.45, 2.75) is 70.4 Å². The van der Waals surface area contributed by atoms with Gasteiger partial charge in [0.25, 0.3) is 5.91 Å². The van der Waals surface area contributed by atoms with E-state index in [-0.39, 0.29) is 54.9 Å².